The molecule has 0 saturated heterocycles. The van der Waals surface area contributed by atoms with Crippen LogP contribution in [0.5, 0.6) is 0 Å². The van der Waals surface area contributed by atoms with Crippen LogP contribution in [0.1, 0.15) is 11.3 Å². The smallest absolute Gasteiger partial charge is 0.139 e. The minimum atomic E-state index is -0.317. The van der Waals surface area contributed by atoms with Gasteiger partial charge in [-0.25, -0.2) is 9.37 Å². The molecular weight excluding hydrogens is 321 g/mol. The Balaban J connectivity index is 2.35. The molecule has 0 fully saturated rings. The highest BCUT2D eigenvalue weighted by Gasteiger charge is 2.16. The predicted molar refractivity (Wildman–Crippen MR) is 82.2 cm³/mol. The Bertz CT molecular complexity index is 824. The third-order valence-corrected chi connectivity index (χ3v) is 4.21. The summed E-state index contributed by atoms with van der Waals surface area (Å²) < 4.78 is 16.8. The molecule has 2 heterocycles. The molecule has 0 aliphatic rings. The molecule has 20 heavy (non-hydrogen) atoms. The molecule has 0 aliphatic heterocycles. The number of nitrogens with zero attached hydrogens (tertiary/aromatic N) is 2. The van der Waals surface area contributed by atoms with Crippen molar-refractivity contribution in [2.45, 2.75) is 13.8 Å². The topological polar surface area (TPSA) is 43.3 Å². The molecule has 0 amide bonds. The summed E-state index contributed by atoms with van der Waals surface area (Å²) in [6.45, 7) is 3.85. The van der Waals surface area contributed by atoms with Crippen molar-refractivity contribution >= 4 is 27.4 Å². The van der Waals surface area contributed by atoms with Gasteiger partial charge in [-0.15, -0.1) is 0 Å². The van der Waals surface area contributed by atoms with Crippen LogP contribution in [-0.4, -0.2) is 9.38 Å². The van der Waals surface area contributed by atoms with Gasteiger partial charge < -0.3 is 5.73 Å². The summed E-state index contributed by atoms with van der Waals surface area (Å²) >= 11 is 3.46. The zero-order valence-electron chi connectivity index (χ0n) is 11.1. The van der Waals surface area contributed by atoms with Crippen LogP contribution >= 0.6 is 15.9 Å². The minimum absolute atomic E-state index is 0.317. The molecule has 3 nitrogen and oxygen atoms in total. The fourth-order valence-electron chi connectivity index (χ4n) is 2.31. The molecule has 2 N–H and O–H groups in total. The number of nitrogen functional groups attached to an aromatic ring is 1. The third kappa shape index (κ3) is 1.89. The predicted octanol–water partition coefficient (Wildman–Crippen LogP) is 4.10. The molecule has 3 rings (SSSR count). The first-order chi connectivity index (χ1) is 9.49. The van der Waals surface area contributed by atoms with E-state index in [9.17, 15) is 4.39 Å². The minimum Gasteiger partial charge on any atom is -0.383 e. The Morgan fingerprint density at radius 2 is 1.95 bits per heavy atom. The molecule has 0 saturated carbocycles. The molecule has 0 aliphatic carbocycles. The van der Waals surface area contributed by atoms with E-state index in [1.807, 2.05) is 30.4 Å². The largest absolute Gasteiger partial charge is 0.383 e. The van der Waals surface area contributed by atoms with Crippen LogP contribution in [0.25, 0.3) is 16.9 Å². The summed E-state index contributed by atoms with van der Waals surface area (Å²) in [4.78, 5) is 4.46. The van der Waals surface area contributed by atoms with Crippen LogP contribution in [-0.2, 0) is 0 Å². The molecule has 2 aromatic heterocycles. The van der Waals surface area contributed by atoms with E-state index < -0.39 is 0 Å². The number of hydrogen-bond donors (Lipinski definition) is 1. The highest BCUT2D eigenvalue weighted by Crippen LogP contribution is 2.31. The summed E-state index contributed by atoms with van der Waals surface area (Å²) in [5.74, 6) is 0.130. The molecule has 0 spiro atoms. The first-order valence-electron chi connectivity index (χ1n) is 6.18. The SMILES string of the molecule is Cc1ccc(F)c(-c2nc3ccc(Br)c(C)n3c2N)c1. The Morgan fingerprint density at radius 1 is 1.20 bits per heavy atom. The first-order valence-corrected chi connectivity index (χ1v) is 6.98. The molecule has 5 heteroatoms. The number of halogens is 2. The number of anilines is 1. The zero-order valence-corrected chi connectivity index (χ0v) is 12.7. The lowest BCUT2D eigenvalue weighted by Crippen LogP contribution is -1.99. The van der Waals surface area contributed by atoms with Gasteiger partial charge in [-0.05, 0) is 54.0 Å². The normalized spacial score (nSPS) is 11.2. The van der Waals surface area contributed by atoms with Crippen molar-refractivity contribution in [2.24, 2.45) is 0 Å². The lowest BCUT2D eigenvalue weighted by atomic mass is 10.1. The van der Waals surface area contributed by atoms with E-state index in [1.54, 1.807) is 12.1 Å². The van der Waals surface area contributed by atoms with Crippen molar-refractivity contribution < 1.29 is 4.39 Å². The van der Waals surface area contributed by atoms with Crippen molar-refractivity contribution in [3.63, 3.8) is 0 Å². The molecule has 3 aromatic rings. The van der Waals surface area contributed by atoms with Gasteiger partial charge in [-0.3, -0.25) is 4.40 Å². The van der Waals surface area contributed by atoms with Crippen molar-refractivity contribution in [3.8, 4) is 11.3 Å². The van der Waals surface area contributed by atoms with E-state index in [0.717, 1.165) is 15.7 Å². The number of fused-ring (bicyclic) bond motifs is 1. The number of benzene rings is 1. The summed E-state index contributed by atoms with van der Waals surface area (Å²) in [5, 5.41) is 0. The van der Waals surface area contributed by atoms with E-state index in [1.165, 1.54) is 6.07 Å². The Kier molecular flexibility index (Phi) is 3.01. The molecule has 0 radical (unpaired) electrons. The van der Waals surface area contributed by atoms with Gasteiger partial charge in [0.05, 0.1) is 0 Å². The number of aryl methyl sites for hydroxylation is 2. The molecule has 1 aromatic carbocycles. The second-order valence-electron chi connectivity index (χ2n) is 4.79. The summed E-state index contributed by atoms with van der Waals surface area (Å²) in [7, 11) is 0. The summed E-state index contributed by atoms with van der Waals surface area (Å²) in [6.07, 6.45) is 0. The van der Waals surface area contributed by atoms with Crippen molar-refractivity contribution in [1.82, 2.24) is 9.38 Å². The van der Waals surface area contributed by atoms with Crippen LogP contribution in [0.3, 0.4) is 0 Å². The van der Waals surface area contributed by atoms with Gasteiger partial charge in [-0.2, -0.15) is 0 Å². The number of imidazole rings is 1. The lowest BCUT2D eigenvalue weighted by Gasteiger charge is -2.05. The molecule has 0 unspecified atom stereocenters. The van der Waals surface area contributed by atoms with Gasteiger partial charge in [0, 0.05) is 15.7 Å². The highest BCUT2D eigenvalue weighted by atomic mass is 79.9. The number of nitrogens with two attached hydrogens (primary N) is 1. The van der Waals surface area contributed by atoms with Gasteiger partial charge in [0.25, 0.3) is 0 Å². The molecular formula is C15H13BrFN3. The number of hydrogen-bond acceptors (Lipinski definition) is 2. The van der Waals surface area contributed by atoms with Crippen LogP contribution in [0.15, 0.2) is 34.8 Å². The fourth-order valence-corrected chi connectivity index (χ4v) is 2.62. The van der Waals surface area contributed by atoms with E-state index in [2.05, 4.69) is 20.9 Å². The number of rotatable bonds is 1. The molecule has 102 valence electrons. The van der Waals surface area contributed by atoms with Crippen molar-refractivity contribution in [3.05, 3.63) is 51.9 Å². The second kappa shape index (κ2) is 4.59. The van der Waals surface area contributed by atoms with Gasteiger partial charge in [0.1, 0.15) is 23.0 Å². The number of pyridine rings is 1. The Morgan fingerprint density at radius 3 is 2.70 bits per heavy atom. The summed E-state index contributed by atoms with van der Waals surface area (Å²) in [5.41, 5.74) is 9.70. The highest BCUT2D eigenvalue weighted by molar-refractivity contribution is 9.10. The number of aromatic nitrogens is 2. The average molecular weight is 334 g/mol. The monoisotopic (exact) mass is 333 g/mol. The Labute approximate surface area is 124 Å². The lowest BCUT2D eigenvalue weighted by molar-refractivity contribution is 0.630. The van der Waals surface area contributed by atoms with Crippen LogP contribution in [0, 0.1) is 19.7 Å². The van der Waals surface area contributed by atoms with Crippen molar-refractivity contribution in [1.29, 1.82) is 0 Å². The van der Waals surface area contributed by atoms with Gasteiger partial charge >= 0.3 is 0 Å². The second-order valence-corrected chi connectivity index (χ2v) is 5.64. The fraction of sp³-hybridized carbons (Fsp3) is 0.133. The molecule has 0 atom stereocenters. The van der Waals surface area contributed by atoms with E-state index in [-0.39, 0.29) is 5.82 Å². The van der Waals surface area contributed by atoms with Crippen molar-refractivity contribution in [2.75, 3.05) is 5.73 Å². The van der Waals surface area contributed by atoms with Gasteiger partial charge in [-0.1, -0.05) is 11.6 Å². The molecule has 0 bridgehead atoms. The third-order valence-electron chi connectivity index (χ3n) is 3.38. The average Bonchev–Trinajstić information content (AvgIpc) is 2.75. The zero-order chi connectivity index (χ0) is 14.4. The Hall–Kier alpha value is -1.88. The standard InChI is InChI=1S/C15H13BrFN3/c1-8-3-5-12(17)10(7-8)14-15(18)20-9(2)11(16)4-6-13(20)19-14/h3-7H,18H2,1-2H3. The first kappa shape index (κ1) is 13.1. The van der Waals surface area contributed by atoms with Gasteiger partial charge in [0.15, 0.2) is 0 Å². The maximum absolute atomic E-state index is 14.0. The van der Waals surface area contributed by atoms with E-state index in [0.29, 0.717) is 22.7 Å². The van der Waals surface area contributed by atoms with Crippen LogP contribution < -0.4 is 5.73 Å². The quantitative estimate of drug-likeness (QED) is 0.728. The summed E-state index contributed by atoms with van der Waals surface area (Å²) in [6, 6.07) is 8.69. The van der Waals surface area contributed by atoms with E-state index >= 15 is 0 Å². The van der Waals surface area contributed by atoms with E-state index in [4.69, 9.17) is 5.73 Å². The van der Waals surface area contributed by atoms with Crippen LogP contribution in [0.2, 0.25) is 0 Å². The maximum atomic E-state index is 14.0. The van der Waals surface area contributed by atoms with Gasteiger partial charge in [0.2, 0.25) is 0 Å². The van der Waals surface area contributed by atoms with Crippen LogP contribution in [0.4, 0.5) is 10.2 Å². The maximum Gasteiger partial charge on any atom is 0.139 e.